The zero-order valence-corrected chi connectivity index (χ0v) is 11.5. The summed E-state index contributed by atoms with van der Waals surface area (Å²) in [7, 11) is 0. The van der Waals surface area contributed by atoms with Crippen LogP contribution < -0.4 is 5.32 Å². The summed E-state index contributed by atoms with van der Waals surface area (Å²) in [6, 6.07) is 3.94. The van der Waals surface area contributed by atoms with Crippen LogP contribution in [0.3, 0.4) is 0 Å². The first-order chi connectivity index (χ1) is 9.54. The summed E-state index contributed by atoms with van der Waals surface area (Å²) in [4.78, 5) is 25.5. The molecule has 0 spiro atoms. The molecule has 1 unspecified atom stereocenters. The average molecular weight is 297 g/mol. The maximum Gasteiger partial charge on any atom is 0.246 e. The van der Waals surface area contributed by atoms with E-state index in [1.54, 1.807) is 6.07 Å². The molecule has 1 saturated carbocycles. The number of amides is 2. The zero-order chi connectivity index (χ0) is 14.3. The summed E-state index contributed by atoms with van der Waals surface area (Å²) >= 11 is 5.73. The molecule has 6 heteroatoms. The average Bonchev–Trinajstić information content (AvgIpc) is 3.22. The Kier molecular flexibility index (Phi) is 3.38. The first kappa shape index (κ1) is 13.4. The lowest BCUT2D eigenvalue weighted by Crippen LogP contribution is -2.58. The van der Waals surface area contributed by atoms with Crippen molar-refractivity contribution in [2.45, 2.75) is 25.4 Å². The van der Waals surface area contributed by atoms with Crippen LogP contribution >= 0.6 is 11.6 Å². The van der Waals surface area contributed by atoms with Gasteiger partial charge in [-0.05, 0) is 36.5 Å². The first-order valence-corrected chi connectivity index (χ1v) is 6.94. The number of hydrogen-bond acceptors (Lipinski definition) is 2. The van der Waals surface area contributed by atoms with E-state index in [9.17, 15) is 14.0 Å². The molecule has 1 heterocycles. The van der Waals surface area contributed by atoms with Crippen LogP contribution in [-0.4, -0.2) is 29.3 Å². The lowest BCUT2D eigenvalue weighted by atomic mass is 10.1. The molecule has 1 aliphatic carbocycles. The molecule has 2 amide bonds. The van der Waals surface area contributed by atoms with Gasteiger partial charge in [0.25, 0.3) is 0 Å². The van der Waals surface area contributed by atoms with Crippen LogP contribution in [0.25, 0.3) is 0 Å². The molecule has 20 heavy (non-hydrogen) atoms. The quantitative estimate of drug-likeness (QED) is 0.923. The zero-order valence-electron chi connectivity index (χ0n) is 10.7. The fraction of sp³-hybridized carbons (Fsp3) is 0.429. The molecule has 0 radical (unpaired) electrons. The number of rotatable bonds is 3. The molecule has 1 aromatic carbocycles. The lowest BCUT2D eigenvalue weighted by molar-refractivity contribution is -0.145. The number of piperazine rings is 1. The van der Waals surface area contributed by atoms with E-state index in [2.05, 4.69) is 5.32 Å². The smallest absolute Gasteiger partial charge is 0.246 e. The number of nitrogens with zero attached hydrogens (tertiary/aromatic N) is 1. The minimum Gasteiger partial charge on any atom is -0.342 e. The molecule has 4 nitrogen and oxygen atoms in total. The van der Waals surface area contributed by atoms with Gasteiger partial charge in [-0.15, -0.1) is 0 Å². The van der Waals surface area contributed by atoms with E-state index in [4.69, 9.17) is 11.6 Å². The van der Waals surface area contributed by atoms with Gasteiger partial charge in [0.1, 0.15) is 11.9 Å². The third-order valence-electron chi connectivity index (χ3n) is 3.68. The van der Waals surface area contributed by atoms with Crippen LogP contribution in [0.4, 0.5) is 4.39 Å². The SMILES string of the molecule is O=C1CN(Cc2ccc(F)c(Cl)c2)C(=O)C(C2CC2)N1. The Morgan fingerprint density at radius 1 is 1.35 bits per heavy atom. The Balaban J connectivity index is 1.76. The number of nitrogens with one attached hydrogen (secondary N) is 1. The van der Waals surface area contributed by atoms with E-state index in [1.807, 2.05) is 0 Å². The van der Waals surface area contributed by atoms with Crippen molar-refractivity contribution in [2.24, 2.45) is 5.92 Å². The highest BCUT2D eigenvalue weighted by Gasteiger charge is 2.42. The maximum atomic E-state index is 13.1. The van der Waals surface area contributed by atoms with Crippen LogP contribution in [0.1, 0.15) is 18.4 Å². The van der Waals surface area contributed by atoms with Crippen molar-refractivity contribution in [2.75, 3.05) is 6.54 Å². The summed E-state index contributed by atoms with van der Waals surface area (Å²) in [6.45, 7) is 0.312. The van der Waals surface area contributed by atoms with E-state index >= 15 is 0 Å². The van der Waals surface area contributed by atoms with E-state index in [0.29, 0.717) is 5.56 Å². The van der Waals surface area contributed by atoms with E-state index < -0.39 is 11.9 Å². The molecule has 2 fully saturated rings. The van der Waals surface area contributed by atoms with Gasteiger partial charge in [0, 0.05) is 6.54 Å². The monoisotopic (exact) mass is 296 g/mol. The number of benzene rings is 1. The fourth-order valence-corrected chi connectivity index (χ4v) is 2.67. The summed E-state index contributed by atoms with van der Waals surface area (Å²) < 4.78 is 13.1. The van der Waals surface area contributed by atoms with Gasteiger partial charge in [-0.25, -0.2) is 4.39 Å². The summed E-state index contributed by atoms with van der Waals surface area (Å²) in [5.74, 6) is -0.428. The molecule has 1 aromatic rings. The van der Waals surface area contributed by atoms with Gasteiger partial charge in [0.15, 0.2) is 0 Å². The Bertz CT molecular complexity index is 574. The number of halogens is 2. The molecule has 1 saturated heterocycles. The van der Waals surface area contributed by atoms with Crippen molar-refractivity contribution < 1.29 is 14.0 Å². The third kappa shape index (κ3) is 2.63. The number of carbonyl (C=O) groups excluding carboxylic acids is 2. The standard InChI is InChI=1S/C14H14ClFN2O2/c15-10-5-8(1-4-11(10)16)6-18-7-12(19)17-13(14(18)20)9-2-3-9/h1,4-5,9,13H,2-3,6-7H2,(H,17,19). The van der Waals surface area contributed by atoms with Crippen LogP contribution in [0.15, 0.2) is 18.2 Å². The highest BCUT2D eigenvalue weighted by atomic mass is 35.5. The normalized spacial score (nSPS) is 22.9. The van der Waals surface area contributed by atoms with Gasteiger partial charge in [0.05, 0.1) is 11.6 Å². The van der Waals surface area contributed by atoms with Crippen molar-refractivity contribution in [3.63, 3.8) is 0 Å². The van der Waals surface area contributed by atoms with Gasteiger partial charge >= 0.3 is 0 Å². The molecule has 1 N–H and O–H groups in total. The van der Waals surface area contributed by atoms with Crippen LogP contribution in [-0.2, 0) is 16.1 Å². The summed E-state index contributed by atoms with van der Waals surface area (Å²) in [5, 5.41) is 2.77. The Morgan fingerprint density at radius 3 is 2.75 bits per heavy atom. The minimum absolute atomic E-state index is 0.0233. The van der Waals surface area contributed by atoms with Gasteiger partial charge in [0.2, 0.25) is 11.8 Å². The molecule has 2 aliphatic rings. The minimum atomic E-state index is -0.492. The molecule has 3 rings (SSSR count). The highest BCUT2D eigenvalue weighted by molar-refractivity contribution is 6.30. The van der Waals surface area contributed by atoms with Crippen LogP contribution in [0.5, 0.6) is 0 Å². The van der Waals surface area contributed by atoms with Gasteiger partial charge < -0.3 is 10.2 Å². The topological polar surface area (TPSA) is 49.4 Å². The van der Waals surface area contributed by atoms with Crippen molar-refractivity contribution in [1.82, 2.24) is 10.2 Å². The van der Waals surface area contributed by atoms with Crippen molar-refractivity contribution >= 4 is 23.4 Å². The van der Waals surface area contributed by atoms with E-state index in [-0.39, 0.29) is 35.8 Å². The third-order valence-corrected chi connectivity index (χ3v) is 3.97. The number of hydrogen-bond donors (Lipinski definition) is 1. The number of carbonyl (C=O) groups is 2. The first-order valence-electron chi connectivity index (χ1n) is 6.56. The molecule has 1 aliphatic heterocycles. The molecular formula is C14H14ClFN2O2. The molecule has 106 valence electrons. The van der Waals surface area contributed by atoms with Gasteiger partial charge in [-0.2, -0.15) is 0 Å². The predicted molar refractivity (Wildman–Crippen MR) is 71.5 cm³/mol. The Hall–Kier alpha value is -1.62. The van der Waals surface area contributed by atoms with Gasteiger partial charge in [-0.3, -0.25) is 9.59 Å². The molecule has 1 atom stereocenters. The maximum absolute atomic E-state index is 13.1. The van der Waals surface area contributed by atoms with Crippen molar-refractivity contribution in [1.29, 1.82) is 0 Å². The van der Waals surface area contributed by atoms with Gasteiger partial charge in [-0.1, -0.05) is 17.7 Å². The second kappa shape index (κ2) is 5.05. The van der Waals surface area contributed by atoms with Crippen molar-refractivity contribution in [3.8, 4) is 0 Å². The summed E-state index contributed by atoms with van der Waals surface area (Å²) in [6.07, 6.45) is 1.96. The second-order valence-electron chi connectivity index (χ2n) is 5.33. The largest absolute Gasteiger partial charge is 0.342 e. The Labute approximate surface area is 120 Å². The second-order valence-corrected chi connectivity index (χ2v) is 5.73. The van der Waals surface area contributed by atoms with Crippen molar-refractivity contribution in [3.05, 3.63) is 34.6 Å². The Morgan fingerprint density at radius 2 is 2.10 bits per heavy atom. The van der Waals surface area contributed by atoms with E-state index in [1.165, 1.54) is 17.0 Å². The molecule has 0 bridgehead atoms. The van der Waals surface area contributed by atoms with Crippen LogP contribution in [0, 0.1) is 11.7 Å². The fourth-order valence-electron chi connectivity index (χ4n) is 2.47. The highest BCUT2D eigenvalue weighted by Crippen LogP contribution is 2.34. The van der Waals surface area contributed by atoms with Crippen LogP contribution in [0.2, 0.25) is 5.02 Å². The predicted octanol–water partition coefficient (Wildman–Crippen LogP) is 1.72. The lowest BCUT2D eigenvalue weighted by Gasteiger charge is -2.32. The summed E-state index contributed by atoms with van der Waals surface area (Å²) in [5.41, 5.74) is 0.717. The van der Waals surface area contributed by atoms with E-state index in [0.717, 1.165) is 12.8 Å². The molecular weight excluding hydrogens is 283 g/mol. The molecule has 0 aromatic heterocycles.